The van der Waals surface area contributed by atoms with Crippen molar-refractivity contribution < 1.29 is 13.6 Å². The molecule has 0 spiro atoms. The number of pyridine rings is 1. The maximum Gasteiger partial charge on any atom is 0.333 e. The number of hydrogen-bond acceptors (Lipinski definition) is 6. The Hall–Kier alpha value is -4.43. The Morgan fingerprint density at radius 3 is 2.39 bits per heavy atom. The molecule has 0 aliphatic rings. The van der Waals surface area contributed by atoms with Gasteiger partial charge in [-0.1, -0.05) is 19.1 Å². The van der Waals surface area contributed by atoms with Crippen molar-refractivity contribution in [2.24, 2.45) is 7.05 Å². The molecule has 4 aromatic rings. The molecule has 0 bridgehead atoms. The van der Waals surface area contributed by atoms with Crippen molar-refractivity contribution in [2.75, 3.05) is 11.9 Å². The van der Waals surface area contributed by atoms with Gasteiger partial charge in [0.15, 0.2) is 0 Å². The van der Waals surface area contributed by atoms with E-state index in [1.807, 2.05) is 19.1 Å². The van der Waals surface area contributed by atoms with Gasteiger partial charge in [0, 0.05) is 48.9 Å². The van der Waals surface area contributed by atoms with Crippen LogP contribution in [0.3, 0.4) is 0 Å². The van der Waals surface area contributed by atoms with Crippen molar-refractivity contribution in [3.05, 3.63) is 84.1 Å². The van der Waals surface area contributed by atoms with Gasteiger partial charge < -0.3 is 10.6 Å². The van der Waals surface area contributed by atoms with Gasteiger partial charge in [-0.2, -0.15) is 24.2 Å². The van der Waals surface area contributed by atoms with Crippen molar-refractivity contribution in [2.45, 2.75) is 25.4 Å². The zero-order valence-electron chi connectivity index (χ0n) is 19.6. The summed E-state index contributed by atoms with van der Waals surface area (Å²) >= 11 is 0. The van der Waals surface area contributed by atoms with Crippen molar-refractivity contribution >= 4 is 11.7 Å². The second kappa shape index (κ2) is 10.9. The van der Waals surface area contributed by atoms with Gasteiger partial charge >= 0.3 is 6.55 Å². The number of halogens is 2. The maximum atomic E-state index is 13.2. The Morgan fingerprint density at radius 2 is 1.81 bits per heavy atom. The van der Waals surface area contributed by atoms with E-state index in [-0.39, 0.29) is 11.8 Å². The summed E-state index contributed by atoms with van der Waals surface area (Å²) < 4.78 is 27.7. The largest absolute Gasteiger partial charge is 0.333 e. The molecule has 0 saturated heterocycles. The molecule has 2 N–H and O–H groups in total. The number of aryl methyl sites for hydroxylation is 1. The van der Waals surface area contributed by atoms with E-state index in [1.165, 1.54) is 18.6 Å². The molecule has 1 aromatic carbocycles. The molecule has 3 aromatic heterocycles. The van der Waals surface area contributed by atoms with E-state index in [4.69, 9.17) is 5.26 Å². The number of nitrogens with zero attached hydrogens (tertiary/aromatic N) is 6. The monoisotopic (exact) mass is 490 g/mol. The Morgan fingerprint density at radius 1 is 1.03 bits per heavy atom. The lowest BCUT2D eigenvalue weighted by Gasteiger charge is -2.20. The number of nitriles is 1. The van der Waals surface area contributed by atoms with Crippen LogP contribution in [0.4, 0.5) is 14.6 Å². The maximum absolute atomic E-state index is 13.2. The highest BCUT2D eigenvalue weighted by Crippen LogP contribution is 2.23. The first-order valence-corrected chi connectivity index (χ1v) is 11.2. The third kappa shape index (κ3) is 5.79. The molecule has 4 rings (SSSR count). The third-order valence-electron chi connectivity index (χ3n) is 5.71. The summed E-state index contributed by atoms with van der Waals surface area (Å²) in [7, 11) is 1.77. The molecule has 11 heteroatoms. The molecule has 0 saturated carbocycles. The molecular formula is C25H24F2N8O. The normalized spacial score (nSPS) is 12.8. The van der Waals surface area contributed by atoms with Crippen LogP contribution >= 0.6 is 0 Å². The fourth-order valence-electron chi connectivity index (χ4n) is 3.68. The van der Waals surface area contributed by atoms with Crippen LogP contribution in [0.25, 0.3) is 11.1 Å². The van der Waals surface area contributed by atoms with Gasteiger partial charge in [-0.15, -0.1) is 0 Å². The first-order chi connectivity index (χ1) is 17.3. The number of alkyl halides is 2. The Labute approximate surface area is 206 Å². The number of amides is 1. The molecule has 0 unspecified atom stereocenters. The van der Waals surface area contributed by atoms with Crippen LogP contribution in [0.2, 0.25) is 0 Å². The fraction of sp³-hybridized carbons (Fsp3) is 0.240. The summed E-state index contributed by atoms with van der Waals surface area (Å²) in [6.07, 6.45) is 7.44. The topological polar surface area (TPSA) is 113 Å². The number of anilines is 1. The van der Waals surface area contributed by atoms with Crippen LogP contribution in [-0.2, 0) is 11.8 Å². The van der Waals surface area contributed by atoms with Crippen molar-refractivity contribution in [1.29, 1.82) is 5.26 Å². The quantitative estimate of drug-likeness (QED) is 0.366. The SMILES string of the molecule is C[C@@H](CN[C@@H](C(=O)Nc1ccc(-c2cnn(C(F)F)c2)cn1)c1cnn(C)c1)c1ccc(C#N)cc1. The standard InChI is InChI=1S/C25H24F2N8O/c1-16(18-5-3-17(9-28)4-6-18)10-30-23(21-13-31-34(2)14-21)24(36)33-22-8-7-19(11-29-22)20-12-32-35(15-20)25(26)27/h3-8,11-16,23,25,30H,10H2,1-2H3,(H,29,33,36)/t16-,23+/m0/s1. The summed E-state index contributed by atoms with van der Waals surface area (Å²) in [5.74, 6) is 0.0814. The highest BCUT2D eigenvalue weighted by Gasteiger charge is 2.23. The number of aromatic nitrogens is 5. The summed E-state index contributed by atoms with van der Waals surface area (Å²) in [6, 6.07) is 12.0. The van der Waals surface area contributed by atoms with E-state index >= 15 is 0 Å². The minimum Gasteiger partial charge on any atom is -0.309 e. The summed E-state index contributed by atoms with van der Waals surface area (Å²) in [5, 5.41) is 22.9. The lowest BCUT2D eigenvalue weighted by molar-refractivity contribution is -0.118. The second-order valence-corrected chi connectivity index (χ2v) is 8.33. The van der Waals surface area contributed by atoms with E-state index in [9.17, 15) is 13.6 Å². The van der Waals surface area contributed by atoms with E-state index in [1.54, 1.807) is 48.4 Å². The summed E-state index contributed by atoms with van der Waals surface area (Å²) in [5.41, 5.74) is 3.41. The first kappa shape index (κ1) is 24.7. The van der Waals surface area contributed by atoms with E-state index in [0.717, 1.165) is 5.56 Å². The zero-order valence-corrected chi connectivity index (χ0v) is 19.6. The predicted molar refractivity (Wildman–Crippen MR) is 129 cm³/mol. The molecule has 0 fully saturated rings. The summed E-state index contributed by atoms with van der Waals surface area (Å²) in [4.78, 5) is 17.5. The van der Waals surface area contributed by atoms with Crippen LogP contribution in [0, 0.1) is 11.3 Å². The molecule has 36 heavy (non-hydrogen) atoms. The summed E-state index contributed by atoms with van der Waals surface area (Å²) in [6.45, 7) is -0.190. The van der Waals surface area contributed by atoms with Crippen LogP contribution in [-0.4, -0.2) is 37.0 Å². The number of rotatable bonds is 9. The molecule has 184 valence electrons. The van der Waals surface area contributed by atoms with E-state index < -0.39 is 12.6 Å². The number of nitrogens with one attached hydrogen (secondary N) is 2. The van der Waals surface area contributed by atoms with Gasteiger partial charge in [0.1, 0.15) is 11.9 Å². The van der Waals surface area contributed by atoms with Crippen molar-refractivity contribution in [1.82, 2.24) is 29.9 Å². The fourth-order valence-corrected chi connectivity index (χ4v) is 3.68. The van der Waals surface area contributed by atoms with Gasteiger partial charge in [-0.05, 0) is 35.7 Å². The predicted octanol–water partition coefficient (Wildman–Crippen LogP) is 4.02. The molecule has 3 heterocycles. The molecule has 9 nitrogen and oxygen atoms in total. The molecule has 2 atom stereocenters. The number of carbonyl (C=O) groups excluding carboxylic acids is 1. The van der Waals surface area contributed by atoms with Crippen LogP contribution in [0.1, 0.15) is 42.1 Å². The van der Waals surface area contributed by atoms with Crippen LogP contribution < -0.4 is 10.6 Å². The zero-order chi connectivity index (χ0) is 25.7. The second-order valence-electron chi connectivity index (χ2n) is 8.33. The average molecular weight is 491 g/mol. The van der Waals surface area contributed by atoms with Gasteiger partial charge in [0.2, 0.25) is 5.91 Å². The van der Waals surface area contributed by atoms with E-state index in [2.05, 4.69) is 31.9 Å². The van der Waals surface area contributed by atoms with Gasteiger partial charge in [0.05, 0.1) is 24.0 Å². The molecule has 0 aliphatic heterocycles. The third-order valence-corrected chi connectivity index (χ3v) is 5.71. The highest BCUT2D eigenvalue weighted by molar-refractivity contribution is 5.94. The Balaban J connectivity index is 1.45. The lowest BCUT2D eigenvalue weighted by atomic mass is 9.99. The number of benzene rings is 1. The van der Waals surface area contributed by atoms with Crippen LogP contribution in [0.15, 0.2) is 67.4 Å². The first-order valence-electron chi connectivity index (χ1n) is 11.2. The van der Waals surface area contributed by atoms with Crippen molar-refractivity contribution in [3.8, 4) is 17.2 Å². The minimum absolute atomic E-state index is 0.0799. The molecule has 0 radical (unpaired) electrons. The van der Waals surface area contributed by atoms with Gasteiger partial charge in [0.25, 0.3) is 0 Å². The Bertz CT molecular complexity index is 1360. The molecular weight excluding hydrogens is 466 g/mol. The van der Waals surface area contributed by atoms with Gasteiger partial charge in [-0.25, -0.2) is 9.67 Å². The average Bonchev–Trinajstić information content (AvgIpc) is 3.54. The smallest absolute Gasteiger partial charge is 0.309 e. The number of hydrogen-bond donors (Lipinski definition) is 2. The number of carbonyl (C=O) groups is 1. The van der Waals surface area contributed by atoms with Gasteiger partial charge in [-0.3, -0.25) is 9.48 Å². The van der Waals surface area contributed by atoms with Crippen molar-refractivity contribution in [3.63, 3.8) is 0 Å². The van der Waals surface area contributed by atoms with Crippen LogP contribution in [0.5, 0.6) is 0 Å². The molecule has 1 amide bonds. The lowest BCUT2D eigenvalue weighted by Crippen LogP contribution is -2.35. The van der Waals surface area contributed by atoms with E-state index in [0.29, 0.717) is 39.3 Å². The minimum atomic E-state index is -2.72. The highest BCUT2D eigenvalue weighted by atomic mass is 19.3. The molecule has 0 aliphatic carbocycles. The Kier molecular flexibility index (Phi) is 7.46.